The SMILES string of the molecule is Cc1ccc(-c2ccc(C(=O)Nc3cc(Cl)ccc3N3CCOCC3)o2)c([N+](=O)[O-])c1. The Hall–Kier alpha value is -3.36. The lowest BCUT2D eigenvalue weighted by Gasteiger charge is -2.30. The van der Waals surface area contributed by atoms with Crippen molar-refractivity contribution < 1.29 is 18.9 Å². The molecule has 1 aliphatic heterocycles. The largest absolute Gasteiger partial charge is 0.451 e. The minimum Gasteiger partial charge on any atom is -0.451 e. The fourth-order valence-electron chi connectivity index (χ4n) is 3.48. The number of nitrogens with one attached hydrogen (secondary N) is 1. The molecule has 160 valence electrons. The van der Waals surface area contributed by atoms with Crippen LogP contribution in [0.25, 0.3) is 11.3 Å². The Bertz CT molecular complexity index is 1140. The van der Waals surface area contributed by atoms with E-state index in [9.17, 15) is 14.9 Å². The van der Waals surface area contributed by atoms with Crippen LogP contribution in [-0.4, -0.2) is 37.1 Å². The van der Waals surface area contributed by atoms with Crippen LogP contribution in [-0.2, 0) is 4.74 Å². The molecule has 0 saturated carbocycles. The summed E-state index contributed by atoms with van der Waals surface area (Å²) < 4.78 is 11.1. The molecule has 1 aliphatic rings. The van der Waals surface area contributed by atoms with Crippen molar-refractivity contribution in [3.05, 3.63) is 75.0 Å². The van der Waals surface area contributed by atoms with Crippen LogP contribution in [0.15, 0.2) is 52.9 Å². The molecule has 1 amide bonds. The number of nitro groups is 1. The van der Waals surface area contributed by atoms with Gasteiger partial charge in [0.2, 0.25) is 0 Å². The van der Waals surface area contributed by atoms with Gasteiger partial charge in [0, 0.05) is 24.2 Å². The van der Waals surface area contributed by atoms with E-state index in [2.05, 4.69) is 10.2 Å². The molecule has 4 rings (SSSR count). The van der Waals surface area contributed by atoms with Gasteiger partial charge in [-0.15, -0.1) is 0 Å². The molecule has 0 atom stereocenters. The topological polar surface area (TPSA) is 97.9 Å². The Labute approximate surface area is 183 Å². The van der Waals surface area contributed by atoms with Gasteiger partial charge < -0.3 is 19.4 Å². The second-order valence-electron chi connectivity index (χ2n) is 7.16. The molecule has 2 heterocycles. The number of ether oxygens (including phenoxy) is 1. The Balaban J connectivity index is 1.60. The first-order chi connectivity index (χ1) is 14.9. The molecule has 9 heteroatoms. The molecular weight excluding hydrogens is 422 g/mol. The molecule has 31 heavy (non-hydrogen) atoms. The molecule has 1 fully saturated rings. The van der Waals surface area contributed by atoms with Crippen LogP contribution in [0.5, 0.6) is 0 Å². The summed E-state index contributed by atoms with van der Waals surface area (Å²) in [6, 6.07) is 13.2. The van der Waals surface area contributed by atoms with E-state index in [0.29, 0.717) is 42.6 Å². The second kappa shape index (κ2) is 8.79. The first-order valence-electron chi connectivity index (χ1n) is 9.71. The molecule has 3 aromatic rings. The van der Waals surface area contributed by atoms with E-state index < -0.39 is 10.8 Å². The third-order valence-corrected chi connectivity index (χ3v) is 5.24. The van der Waals surface area contributed by atoms with Crippen molar-refractivity contribution in [3.63, 3.8) is 0 Å². The fraction of sp³-hybridized carbons (Fsp3) is 0.227. The number of benzene rings is 2. The summed E-state index contributed by atoms with van der Waals surface area (Å²) in [7, 11) is 0. The lowest BCUT2D eigenvalue weighted by molar-refractivity contribution is -0.384. The van der Waals surface area contributed by atoms with Crippen LogP contribution in [0.2, 0.25) is 5.02 Å². The lowest BCUT2D eigenvalue weighted by atomic mass is 10.1. The molecule has 1 aromatic heterocycles. The van der Waals surface area contributed by atoms with Crippen molar-refractivity contribution >= 4 is 34.6 Å². The normalized spacial score (nSPS) is 13.8. The summed E-state index contributed by atoms with van der Waals surface area (Å²) in [5.74, 6) is -0.188. The fourth-order valence-corrected chi connectivity index (χ4v) is 3.65. The van der Waals surface area contributed by atoms with E-state index in [0.717, 1.165) is 11.3 Å². The zero-order valence-electron chi connectivity index (χ0n) is 16.8. The van der Waals surface area contributed by atoms with Crippen LogP contribution in [0.1, 0.15) is 16.1 Å². The number of hydrogen-bond donors (Lipinski definition) is 1. The predicted octanol–water partition coefficient (Wildman–Crippen LogP) is 4.91. The van der Waals surface area contributed by atoms with Gasteiger partial charge in [0.05, 0.1) is 35.1 Å². The third-order valence-electron chi connectivity index (χ3n) is 5.00. The van der Waals surface area contributed by atoms with Crippen molar-refractivity contribution in [1.29, 1.82) is 0 Å². The maximum absolute atomic E-state index is 12.9. The van der Waals surface area contributed by atoms with Crippen molar-refractivity contribution in [2.45, 2.75) is 6.92 Å². The Morgan fingerprint density at radius 1 is 1.13 bits per heavy atom. The molecule has 0 spiro atoms. The molecule has 0 bridgehead atoms. The number of furan rings is 1. The van der Waals surface area contributed by atoms with Crippen molar-refractivity contribution in [1.82, 2.24) is 0 Å². The van der Waals surface area contributed by atoms with Crippen molar-refractivity contribution in [2.75, 3.05) is 36.5 Å². The summed E-state index contributed by atoms with van der Waals surface area (Å²) >= 11 is 6.15. The van der Waals surface area contributed by atoms with Crippen LogP contribution < -0.4 is 10.2 Å². The quantitative estimate of drug-likeness (QED) is 0.446. The van der Waals surface area contributed by atoms with Gasteiger partial charge in [-0.25, -0.2) is 0 Å². The molecule has 2 aromatic carbocycles. The number of hydrogen-bond acceptors (Lipinski definition) is 6. The van der Waals surface area contributed by atoms with Crippen LogP contribution >= 0.6 is 11.6 Å². The van der Waals surface area contributed by atoms with Gasteiger partial charge in [0.25, 0.3) is 11.6 Å². The third kappa shape index (κ3) is 4.55. The first-order valence-corrected chi connectivity index (χ1v) is 10.1. The molecule has 1 N–H and O–H groups in total. The number of carbonyl (C=O) groups excluding carboxylic acids is 1. The van der Waals surface area contributed by atoms with Crippen molar-refractivity contribution in [3.8, 4) is 11.3 Å². The maximum atomic E-state index is 12.9. The summed E-state index contributed by atoms with van der Waals surface area (Å²) in [6.45, 7) is 4.38. The average molecular weight is 442 g/mol. The second-order valence-corrected chi connectivity index (χ2v) is 7.59. The molecule has 1 saturated heterocycles. The zero-order valence-corrected chi connectivity index (χ0v) is 17.5. The van der Waals surface area contributed by atoms with Crippen LogP contribution in [0.3, 0.4) is 0 Å². The van der Waals surface area contributed by atoms with Crippen molar-refractivity contribution in [2.24, 2.45) is 0 Å². The highest BCUT2D eigenvalue weighted by Gasteiger charge is 2.22. The molecule has 0 unspecified atom stereocenters. The summed E-state index contributed by atoms with van der Waals surface area (Å²) in [5.41, 5.74) is 2.38. The minimum absolute atomic E-state index is 0.0396. The van der Waals surface area contributed by atoms with E-state index in [-0.39, 0.29) is 17.2 Å². The smallest absolute Gasteiger partial charge is 0.291 e. The zero-order chi connectivity index (χ0) is 22.0. The number of carbonyl (C=O) groups is 1. The summed E-state index contributed by atoms with van der Waals surface area (Å²) in [5, 5.41) is 14.7. The number of morpholine rings is 1. The first kappa shape index (κ1) is 20.9. The number of amides is 1. The van der Waals surface area contributed by atoms with E-state index in [4.69, 9.17) is 20.8 Å². The highest BCUT2D eigenvalue weighted by Crippen LogP contribution is 2.33. The number of aryl methyl sites for hydroxylation is 1. The van der Waals surface area contributed by atoms with Gasteiger partial charge in [0.1, 0.15) is 5.76 Å². The number of anilines is 2. The van der Waals surface area contributed by atoms with E-state index in [1.165, 1.54) is 12.1 Å². The number of nitro benzene ring substituents is 1. The highest BCUT2D eigenvalue weighted by molar-refractivity contribution is 6.31. The van der Waals surface area contributed by atoms with Crippen LogP contribution in [0, 0.1) is 17.0 Å². The Morgan fingerprint density at radius 3 is 2.65 bits per heavy atom. The van der Waals surface area contributed by atoms with Gasteiger partial charge in [-0.3, -0.25) is 14.9 Å². The minimum atomic E-state index is -0.474. The number of nitrogens with zero attached hydrogens (tertiary/aromatic N) is 2. The van der Waals surface area contributed by atoms with Gasteiger partial charge in [-0.2, -0.15) is 0 Å². The van der Waals surface area contributed by atoms with Gasteiger partial charge in [-0.05, 0) is 48.9 Å². The number of halogens is 1. The highest BCUT2D eigenvalue weighted by atomic mass is 35.5. The molecular formula is C22H20ClN3O5. The van der Waals surface area contributed by atoms with Gasteiger partial charge in [0.15, 0.2) is 5.76 Å². The van der Waals surface area contributed by atoms with E-state index >= 15 is 0 Å². The Kier molecular flexibility index (Phi) is 5.92. The lowest BCUT2D eigenvalue weighted by Crippen LogP contribution is -2.36. The predicted molar refractivity (Wildman–Crippen MR) is 118 cm³/mol. The molecule has 8 nitrogen and oxygen atoms in total. The van der Waals surface area contributed by atoms with Crippen LogP contribution in [0.4, 0.5) is 17.1 Å². The Morgan fingerprint density at radius 2 is 1.90 bits per heavy atom. The standard InChI is InChI=1S/C22H20ClN3O5/c1-14-2-4-16(19(12-14)26(28)29)20-6-7-21(31-20)22(27)24-17-13-15(23)3-5-18(17)25-8-10-30-11-9-25/h2-7,12-13H,8-11H2,1H3,(H,24,27). The average Bonchev–Trinajstić information content (AvgIpc) is 3.24. The molecule has 0 radical (unpaired) electrons. The van der Waals surface area contributed by atoms with E-state index in [1.54, 1.807) is 37.3 Å². The van der Waals surface area contributed by atoms with E-state index in [1.807, 2.05) is 6.07 Å². The summed E-state index contributed by atoms with van der Waals surface area (Å²) in [4.78, 5) is 25.9. The summed E-state index contributed by atoms with van der Waals surface area (Å²) in [6.07, 6.45) is 0. The monoisotopic (exact) mass is 441 g/mol. The maximum Gasteiger partial charge on any atom is 0.291 e. The van der Waals surface area contributed by atoms with Gasteiger partial charge in [-0.1, -0.05) is 17.7 Å². The molecule has 0 aliphatic carbocycles. The number of rotatable bonds is 5. The van der Waals surface area contributed by atoms with Gasteiger partial charge >= 0.3 is 0 Å².